The van der Waals surface area contributed by atoms with Crippen LogP contribution in [0.25, 0.3) is 0 Å². The first kappa shape index (κ1) is 12.6. The van der Waals surface area contributed by atoms with E-state index < -0.39 is 10.0 Å². The highest BCUT2D eigenvalue weighted by Gasteiger charge is 2.16. The number of hydrogen-bond donors (Lipinski definition) is 3. The summed E-state index contributed by atoms with van der Waals surface area (Å²) in [5, 5.41) is 2.94. The second-order valence-electron chi connectivity index (χ2n) is 3.71. The van der Waals surface area contributed by atoms with Gasteiger partial charge in [0, 0.05) is 24.6 Å². The minimum atomic E-state index is -3.58. The summed E-state index contributed by atoms with van der Waals surface area (Å²) in [5.41, 5.74) is 0.805. The summed E-state index contributed by atoms with van der Waals surface area (Å²) < 4.78 is 26.5. The lowest BCUT2D eigenvalue weighted by Crippen LogP contribution is -2.13. The van der Waals surface area contributed by atoms with E-state index >= 15 is 0 Å². The van der Waals surface area contributed by atoms with Crippen LogP contribution in [0.5, 0.6) is 0 Å². The summed E-state index contributed by atoms with van der Waals surface area (Å²) >= 11 is 0. The van der Waals surface area contributed by atoms with Crippen LogP contribution in [0, 0.1) is 0 Å². The highest BCUT2D eigenvalue weighted by Crippen LogP contribution is 2.14. The van der Waals surface area contributed by atoms with Gasteiger partial charge in [0.25, 0.3) is 10.0 Å². The van der Waals surface area contributed by atoms with Crippen molar-refractivity contribution in [2.75, 3.05) is 11.8 Å². The molecule has 96 valence electrons. The van der Waals surface area contributed by atoms with Crippen molar-refractivity contribution in [3.05, 3.63) is 42.4 Å². The Hall–Kier alpha value is -1.86. The molecule has 2 aromatic rings. The van der Waals surface area contributed by atoms with Gasteiger partial charge in [0.2, 0.25) is 0 Å². The van der Waals surface area contributed by atoms with Crippen molar-refractivity contribution in [2.24, 2.45) is 0 Å². The van der Waals surface area contributed by atoms with Crippen LogP contribution < -0.4 is 10.0 Å². The molecule has 0 saturated heterocycles. The van der Waals surface area contributed by atoms with E-state index in [1.807, 2.05) is 0 Å². The van der Waals surface area contributed by atoms with Crippen molar-refractivity contribution in [1.29, 1.82) is 0 Å². The van der Waals surface area contributed by atoms with E-state index in [2.05, 4.69) is 20.0 Å². The number of aromatic nitrogens is 2. The van der Waals surface area contributed by atoms with Crippen LogP contribution in [0.15, 0.2) is 41.6 Å². The molecule has 0 aliphatic rings. The van der Waals surface area contributed by atoms with Crippen LogP contribution in [0.4, 0.5) is 5.82 Å². The fraction of sp³-hybridized carbons (Fsp3) is 0.182. The molecule has 0 radical (unpaired) electrons. The first-order chi connectivity index (χ1) is 8.62. The molecule has 0 amide bonds. The lowest BCUT2D eigenvalue weighted by Gasteiger charge is -2.04. The second-order valence-corrected chi connectivity index (χ2v) is 5.39. The van der Waals surface area contributed by atoms with Gasteiger partial charge >= 0.3 is 0 Å². The molecule has 0 aliphatic carbocycles. The molecule has 0 atom stereocenters. The number of rotatable bonds is 5. The van der Waals surface area contributed by atoms with E-state index in [-0.39, 0.29) is 4.90 Å². The number of pyridine rings is 1. The fourth-order valence-corrected chi connectivity index (χ4v) is 2.51. The van der Waals surface area contributed by atoms with Crippen molar-refractivity contribution in [3.63, 3.8) is 0 Å². The zero-order chi connectivity index (χ0) is 13.0. The minimum Gasteiger partial charge on any atom is -0.363 e. The van der Waals surface area contributed by atoms with Gasteiger partial charge in [0.1, 0.15) is 10.7 Å². The van der Waals surface area contributed by atoms with Crippen LogP contribution in [0.3, 0.4) is 0 Å². The number of nitrogens with zero attached hydrogens (tertiary/aromatic N) is 1. The molecule has 2 aromatic heterocycles. The Morgan fingerprint density at radius 2 is 2.22 bits per heavy atom. The molecule has 0 spiro atoms. The number of anilines is 1. The highest BCUT2D eigenvalue weighted by molar-refractivity contribution is 7.92. The quantitative estimate of drug-likeness (QED) is 0.751. The zero-order valence-corrected chi connectivity index (χ0v) is 10.7. The second kappa shape index (κ2) is 5.19. The first-order valence-corrected chi connectivity index (χ1v) is 6.86. The van der Waals surface area contributed by atoms with E-state index in [0.717, 1.165) is 5.69 Å². The Balaban J connectivity index is 2.20. The molecule has 0 unspecified atom stereocenters. The van der Waals surface area contributed by atoms with Gasteiger partial charge in [-0.05, 0) is 25.2 Å². The van der Waals surface area contributed by atoms with Gasteiger partial charge in [-0.3, -0.25) is 4.72 Å². The predicted octanol–water partition coefficient (Wildman–Crippen LogP) is 0.930. The van der Waals surface area contributed by atoms with Crippen molar-refractivity contribution in [3.8, 4) is 0 Å². The molecular weight excluding hydrogens is 252 g/mol. The maximum absolute atomic E-state index is 12.0. The van der Waals surface area contributed by atoms with E-state index in [4.69, 9.17) is 0 Å². The zero-order valence-electron chi connectivity index (χ0n) is 9.84. The Morgan fingerprint density at radius 1 is 1.39 bits per heavy atom. The molecule has 0 aromatic carbocycles. The Kier molecular flexibility index (Phi) is 3.63. The topological polar surface area (TPSA) is 86.9 Å². The Labute approximate surface area is 106 Å². The summed E-state index contributed by atoms with van der Waals surface area (Å²) in [6.07, 6.45) is 2.99. The van der Waals surface area contributed by atoms with Crippen molar-refractivity contribution < 1.29 is 8.42 Å². The summed E-state index contributed by atoms with van der Waals surface area (Å²) in [6.45, 7) is 0.582. The lowest BCUT2D eigenvalue weighted by atomic mass is 10.4. The molecule has 18 heavy (non-hydrogen) atoms. The van der Waals surface area contributed by atoms with Gasteiger partial charge < -0.3 is 10.3 Å². The average molecular weight is 266 g/mol. The number of sulfonamides is 1. The molecule has 0 aliphatic heterocycles. The average Bonchev–Trinajstić information content (AvgIpc) is 2.80. The molecule has 3 N–H and O–H groups in total. The third-order valence-corrected chi connectivity index (χ3v) is 3.63. The van der Waals surface area contributed by atoms with Gasteiger partial charge in [-0.2, -0.15) is 0 Å². The number of H-pyrrole nitrogens is 1. The molecule has 0 bridgehead atoms. The third kappa shape index (κ3) is 2.88. The van der Waals surface area contributed by atoms with Crippen molar-refractivity contribution in [1.82, 2.24) is 15.3 Å². The Bertz CT molecular complexity index is 607. The van der Waals surface area contributed by atoms with Crippen LogP contribution in [-0.4, -0.2) is 25.4 Å². The predicted molar refractivity (Wildman–Crippen MR) is 68.6 cm³/mol. The van der Waals surface area contributed by atoms with E-state index in [9.17, 15) is 8.42 Å². The molecule has 7 heteroatoms. The van der Waals surface area contributed by atoms with Gasteiger partial charge in [0.05, 0.1) is 0 Å². The number of aromatic amines is 1. The van der Waals surface area contributed by atoms with E-state index in [0.29, 0.717) is 12.4 Å². The normalized spacial score (nSPS) is 11.4. The maximum atomic E-state index is 12.0. The first-order valence-electron chi connectivity index (χ1n) is 5.37. The number of hydrogen-bond acceptors (Lipinski definition) is 4. The Morgan fingerprint density at radius 3 is 2.89 bits per heavy atom. The summed E-state index contributed by atoms with van der Waals surface area (Å²) in [6, 6.07) is 6.62. The molecule has 2 rings (SSSR count). The maximum Gasteiger partial charge on any atom is 0.264 e. The summed E-state index contributed by atoms with van der Waals surface area (Å²) in [4.78, 5) is 7.01. The minimum absolute atomic E-state index is 0.193. The SMILES string of the molecule is CNCc1cc(S(=O)(=O)Nc2ccccn2)c[nH]1. The van der Waals surface area contributed by atoms with Crippen LogP contribution in [0.2, 0.25) is 0 Å². The monoisotopic (exact) mass is 266 g/mol. The highest BCUT2D eigenvalue weighted by atomic mass is 32.2. The molecular formula is C11H14N4O2S. The van der Waals surface area contributed by atoms with Crippen molar-refractivity contribution in [2.45, 2.75) is 11.4 Å². The van der Waals surface area contributed by atoms with Gasteiger partial charge in [-0.25, -0.2) is 13.4 Å². The van der Waals surface area contributed by atoms with Crippen LogP contribution in [-0.2, 0) is 16.6 Å². The van der Waals surface area contributed by atoms with Gasteiger partial charge in [-0.15, -0.1) is 0 Å². The molecule has 2 heterocycles. The number of nitrogens with one attached hydrogen (secondary N) is 3. The van der Waals surface area contributed by atoms with Crippen LogP contribution >= 0.6 is 0 Å². The summed E-state index contributed by atoms with van der Waals surface area (Å²) in [5.74, 6) is 0.300. The summed E-state index contributed by atoms with van der Waals surface area (Å²) in [7, 11) is -1.79. The van der Waals surface area contributed by atoms with Crippen molar-refractivity contribution >= 4 is 15.8 Å². The van der Waals surface area contributed by atoms with Gasteiger partial charge in [0.15, 0.2) is 0 Å². The molecule has 0 fully saturated rings. The standard InChI is InChI=1S/C11H14N4O2S/c1-12-7-9-6-10(8-14-9)18(16,17)15-11-4-2-3-5-13-11/h2-6,8,12,14H,7H2,1H3,(H,13,15). The largest absolute Gasteiger partial charge is 0.363 e. The van der Waals surface area contributed by atoms with Crippen LogP contribution in [0.1, 0.15) is 5.69 Å². The molecule has 0 saturated carbocycles. The fourth-order valence-electron chi connectivity index (χ4n) is 1.49. The lowest BCUT2D eigenvalue weighted by molar-refractivity contribution is 0.601. The smallest absolute Gasteiger partial charge is 0.264 e. The van der Waals surface area contributed by atoms with E-state index in [1.54, 1.807) is 31.3 Å². The van der Waals surface area contributed by atoms with E-state index in [1.165, 1.54) is 12.4 Å². The third-order valence-electron chi connectivity index (χ3n) is 2.30. The molecule has 6 nitrogen and oxygen atoms in total. The van der Waals surface area contributed by atoms with Gasteiger partial charge in [-0.1, -0.05) is 6.07 Å².